The number of benzene rings is 2. The molecule has 2 rings (SSSR count). The highest BCUT2D eigenvalue weighted by molar-refractivity contribution is 5.84. The molecule has 20 heavy (non-hydrogen) atoms. The van der Waals surface area contributed by atoms with Crippen LogP contribution >= 0.6 is 0 Å². The number of rotatable bonds is 5. The van der Waals surface area contributed by atoms with Crippen LogP contribution in [-0.2, 0) is 15.3 Å². The van der Waals surface area contributed by atoms with Gasteiger partial charge < -0.3 is 19.3 Å². The molecule has 0 amide bonds. The number of methoxy groups -OCH3 is 3. The normalized spacial score (nSPS) is 13.4. The smallest absolute Gasteiger partial charge is 0.221 e. The predicted molar refractivity (Wildman–Crippen MR) is 77.9 cm³/mol. The van der Waals surface area contributed by atoms with Crippen LogP contribution in [0.5, 0.6) is 5.75 Å². The molecule has 0 aliphatic rings. The van der Waals surface area contributed by atoms with Crippen LogP contribution in [0.25, 0.3) is 10.8 Å². The second-order valence-electron chi connectivity index (χ2n) is 4.68. The van der Waals surface area contributed by atoms with Crippen LogP contribution in [0.4, 0.5) is 0 Å². The number of fused-ring (bicyclic) bond motifs is 1. The zero-order chi connectivity index (χ0) is 14.8. The van der Waals surface area contributed by atoms with E-state index in [1.807, 2.05) is 36.4 Å². The molecule has 0 radical (unpaired) electrons. The van der Waals surface area contributed by atoms with Crippen LogP contribution in [0.2, 0.25) is 0 Å². The molecule has 0 saturated carbocycles. The molecule has 0 unspecified atom stereocenters. The SMILES string of the molecule is COc1ccc2cc(C(OC)(OC)[C@H](C)O)ccc2c1. The molecule has 2 aromatic rings. The first-order chi connectivity index (χ1) is 9.57. The van der Waals surface area contributed by atoms with Crippen molar-refractivity contribution in [2.75, 3.05) is 21.3 Å². The number of hydrogen-bond acceptors (Lipinski definition) is 4. The fourth-order valence-corrected chi connectivity index (χ4v) is 2.47. The number of hydrogen-bond donors (Lipinski definition) is 1. The van der Waals surface area contributed by atoms with Gasteiger partial charge in [0, 0.05) is 19.8 Å². The summed E-state index contributed by atoms with van der Waals surface area (Å²) in [6.45, 7) is 1.64. The molecule has 0 aliphatic heterocycles. The highest BCUT2D eigenvalue weighted by Gasteiger charge is 2.37. The van der Waals surface area contributed by atoms with Crippen LogP contribution in [0.15, 0.2) is 36.4 Å². The summed E-state index contributed by atoms with van der Waals surface area (Å²) in [6.07, 6.45) is -0.798. The quantitative estimate of drug-likeness (QED) is 0.853. The minimum atomic E-state index is -1.16. The second kappa shape index (κ2) is 5.79. The number of aliphatic hydroxyl groups excluding tert-OH is 1. The lowest BCUT2D eigenvalue weighted by Gasteiger charge is -2.34. The average molecular weight is 276 g/mol. The summed E-state index contributed by atoms with van der Waals surface area (Å²) in [5, 5.41) is 12.1. The molecule has 108 valence electrons. The van der Waals surface area contributed by atoms with Crippen LogP contribution < -0.4 is 4.74 Å². The minimum Gasteiger partial charge on any atom is -0.497 e. The molecule has 4 nitrogen and oxygen atoms in total. The summed E-state index contributed by atoms with van der Waals surface area (Å²) in [5.74, 6) is -0.348. The topological polar surface area (TPSA) is 47.9 Å². The van der Waals surface area contributed by atoms with E-state index >= 15 is 0 Å². The Hall–Kier alpha value is -1.62. The van der Waals surface area contributed by atoms with E-state index in [1.165, 1.54) is 14.2 Å². The van der Waals surface area contributed by atoms with Crippen LogP contribution in [0.1, 0.15) is 12.5 Å². The van der Waals surface area contributed by atoms with E-state index in [0.29, 0.717) is 0 Å². The van der Waals surface area contributed by atoms with Gasteiger partial charge in [0.1, 0.15) is 11.9 Å². The number of aliphatic hydroxyl groups is 1. The van der Waals surface area contributed by atoms with Gasteiger partial charge in [0.15, 0.2) is 0 Å². The van der Waals surface area contributed by atoms with Crippen LogP contribution in [0.3, 0.4) is 0 Å². The van der Waals surface area contributed by atoms with Gasteiger partial charge in [-0.3, -0.25) is 0 Å². The summed E-state index contributed by atoms with van der Waals surface area (Å²) >= 11 is 0. The van der Waals surface area contributed by atoms with Crippen LogP contribution in [0, 0.1) is 0 Å². The van der Waals surface area contributed by atoms with E-state index in [9.17, 15) is 5.11 Å². The van der Waals surface area contributed by atoms with Crippen molar-refractivity contribution < 1.29 is 19.3 Å². The summed E-state index contributed by atoms with van der Waals surface area (Å²) in [7, 11) is 4.69. The van der Waals surface area contributed by atoms with Gasteiger partial charge >= 0.3 is 0 Å². The number of ether oxygens (including phenoxy) is 3. The van der Waals surface area contributed by atoms with E-state index in [-0.39, 0.29) is 0 Å². The van der Waals surface area contributed by atoms with Gasteiger partial charge in [-0.2, -0.15) is 0 Å². The summed E-state index contributed by atoms with van der Waals surface area (Å²) in [5.41, 5.74) is 0.773. The van der Waals surface area contributed by atoms with E-state index in [2.05, 4.69) is 0 Å². The Morgan fingerprint density at radius 1 is 0.950 bits per heavy atom. The third kappa shape index (κ3) is 2.38. The zero-order valence-corrected chi connectivity index (χ0v) is 12.2. The Bertz CT molecular complexity index is 588. The molecular weight excluding hydrogens is 256 g/mol. The predicted octanol–water partition coefficient (Wildman–Crippen LogP) is 2.67. The van der Waals surface area contributed by atoms with Crippen molar-refractivity contribution in [3.8, 4) is 5.75 Å². The third-order valence-electron chi connectivity index (χ3n) is 3.61. The van der Waals surface area contributed by atoms with Crippen molar-refractivity contribution in [3.63, 3.8) is 0 Å². The largest absolute Gasteiger partial charge is 0.497 e. The molecule has 2 aromatic carbocycles. The molecule has 1 atom stereocenters. The van der Waals surface area contributed by atoms with Gasteiger partial charge in [-0.05, 0) is 35.9 Å². The maximum Gasteiger partial charge on any atom is 0.221 e. The molecule has 0 spiro atoms. The monoisotopic (exact) mass is 276 g/mol. The van der Waals surface area contributed by atoms with Gasteiger partial charge in [-0.15, -0.1) is 0 Å². The molecule has 0 saturated heterocycles. The highest BCUT2D eigenvalue weighted by atomic mass is 16.7. The van der Waals surface area contributed by atoms with Crippen molar-refractivity contribution in [1.29, 1.82) is 0 Å². The second-order valence-corrected chi connectivity index (χ2v) is 4.68. The van der Waals surface area contributed by atoms with E-state index in [0.717, 1.165) is 22.1 Å². The van der Waals surface area contributed by atoms with Gasteiger partial charge in [0.05, 0.1) is 7.11 Å². The molecular formula is C16H20O4. The Morgan fingerprint density at radius 3 is 2.10 bits per heavy atom. The van der Waals surface area contributed by atoms with Crippen LogP contribution in [-0.4, -0.2) is 32.5 Å². The maximum absolute atomic E-state index is 10.0. The third-order valence-corrected chi connectivity index (χ3v) is 3.61. The van der Waals surface area contributed by atoms with Gasteiger partial charge in [0.25, 0.3) is 0 Å². The average Bonchev–Trinajstić information content (AvgIpc) is 2.48. The Kier molecular flexibility index (Phi) is 4.28. The van der Waals surface area contributed by atoms with Crippen molar-refractivity contribution >= 4 is 10.8 Å². The molecule has 0 aliphatic carbocycles. The maximum atomic E-state index is 10.0. The fourth-order valence-electron chi connectivity index (χ4n) is 2.47. The molecule has 0 bridgehead atoms. The Labute approximate surface area is 118 Å². The molecule has 1 N–H and O–H groups in total. The molecule has 0 heterocycles. The minimum absolute atomic E-state index is 0.773. The summed E-state index contributed by atoms with van der Waals surface area (Å²) in [6, 6.07) is 11.6. The van der Waals surface area contributed by atoms with E-state index in [4.69, 9.17) is 14.2 Å². The van der Waals surface area contributed by atoms with Crippen molar-refractivity contribution in [1.82, 2.24) is 0 Å². The summed E-state index contributed by atoms with van der Waals surface area (Å²) < 4.78 is 16.1. The Morgan fingerprint density at radius 2 is 1.55 bits per heavy atom. The Balaban J connectivity index is 2.55. The van der Waals surface area contributed by atoms with Gasteiger partial charge in [-0.1, -0.05) is 18.2 Å². The molecule has 0 aromatic heterocycles. The van der Waals surface area contributed by atoms with E-state index < -0.39 is 11.9 Å². The standard InChI is InChI=1S/C16H20O4/c1-11(17)16(19-3,20-4)14-7-5-13-10-15(18-2)8-6-12(13)9-14/h5-11,17H,1-4H3/t11-/m0/s1. The van der Waals surface area contributed by atoms with Crippen molar-refractivity contribution in [2.24, 2.45) is 0 Å². The highest BCUT2D eigenvalue weighted by Crippen LogP contribution is 2.32. The molecule has 4 heteroatoms. The first-order valence-corrected chi connectivity index (χ1v) is 6.44. The lowest BCUT2D eigenvalue weighted by Crippen LogP contribution is -2.41. The lowest BCUT2D eigenvalue weighted by atomic mass is 9.97. The zero-order valence-electron chi connectivity index (χ0n) is 12.2. The first kappa shape index (κ1) is 14.8. The van der Waals surface area contributed by atoms with Gasteiger partial charge in [-0.25, -0.2) is 0 Å². The van der Waals surface area contributed by atoms with E-state index in [1.54, 1.807) is 14.0 Å². The summed E-state index contributed by atoms with van der Waals surface area (Å²) in [4.78, 5) is 0. The first-order valence-electron chi connectivity index (χ1n) is 6.44. The molecule has 0 fully saturated rings. The van der Waals surface area contributed by atoms with Crippen molar-refractivity contribution in [2.45, 2.75) is 18.8 Å². The fraction of sp³-hybridized carbons (Fsp3) is 0.375. The van der Waals surface area contributed by atoms with Gasteiger partial charge in [0.2, 0.25) is 5.79 Å². The lowest BCUT2D eigenvalue weighted by molar-refractivity contribution is -0.264. The van der Waals surface area contributed by atoms with Crippen molar-refractivity contribution in [3.05, 3.63) is 42.0 Å².